The molecule has 0 bridgehead atoms. The Bertz CT molecular complexity index is 318. The van der Waals surface area contributed by atoms with Crippen LogP contribution in [0.15, 0.2) is 0 Å². The first kappa shape index (κ1) is 16.0. The Morgan fingerprint density at radius 1 is 1.37 bits per heavy atom. The van der Waals surface area contributed by atoms with Crippen molar-refractivity contribution in [3.05, 3.63) is 0 Å². The van der Waals surface area contributed by atoms with Gasteiger partial charge in [-0.05, 0) is 25.2 Å². The molecule has 0 aromatic heterocycles. The highest BCUT2D eigenvalue weighted by atomic mass is 16.3. The molecule has 0 aliphatic carbocycles. The fourth-order valence-electron chi connectivity index (χ4n) is 2.52. The lowest BCUT2D eigenvalue weighted by molar-refractivity contribution is -0.133. The molecule has 2 N–H and O–H groups in total. The molecule has 19 heavy (non-hydrogen) atoms. The number of piperidine rings is 1. The molecule has 0 saturated carbocycles. The van der Waals surface area contributed by atoms with E-state index >= 15 is 0 Å². The van der Waals surface area contributed by atoms with Crippen LogP contribution in [0.5, 0.6) is 0 Å². The number of nitrogens with one attached hydrogen (secondary N) is 1. The first-order valence-corrected chi connectivity index (χ1v) is 7.10. The van der Waals surface area contributed by atoms with Gasteiger partial charge >= 0.3 is 0 Å². The van der Waals surface area contributed by atoms with E-state index in [1.807, 2.05) is 13.8 Å². The first-order chi connectivity index (χ1) is 8.93. The highest BCUT2D eigenvalue weighted by molar-refractivity contribution is 5.78. The molecule has 1 aliphatic heterocycles. The predicted octanol–water partition coefficient (Wildman–Crippen LogP) is 0.768. The third-order valence-corrected chi connectivity index (χ3v) is 3.62. The van der Waals surface area contributed by atoms with E-state index in [-0.39, 0.29) is 30.4 Å². The summed E-state index contributed by atoms with van der Waals surface area (Å²) in [6, 6.07) is 0.0382. The minimum atomic E-state index is -0.0383. The summed E-state index contributed by atoms with van der Waals surface area (Å²) in [5.41, 5.74) is 0. The Morgan fingerprint density at radius 3 is 2.58 bits per heavy atom. The molecule has 0 aromatic rings. The van der Waals surface area contributed by atoms with Gasteiger partial charge in [0.1, 0.15) is 0 Å². The molecule has 1 fully saturated rings. The molecular formula is C14H26N2O3. The standard InChI is InChI=1S/C14H26N2O3/c1-10(2)14(19)15-13-7-12(5-4-6-17)8-16(9-13)11(3)18/h10,12-13,17H,4-9H2,1-3H3,(H,15,19). The van der Waals surface area contributed by atoms with Gasteiger partial charge in [0.2, 0.25) is 11.8 Å². The van der Waals surface area contributed by atoms with Crippen LogP contribution in [-0.4, -0.2) is 47.6 Å². The second kappa shape index (κ2) is 7.48. The average molecular weight is 270 g/mol. The topological polar surface area (TPSA) is 69.6 Å². The monoisotopic (exact) mass is 270 g/mol. The number of nitrogens with zero attached hydrogens (tertiary/aromatic N) is 1. The summed E-state index contributed by atoms with van der Waals surface area (Å²) in [6.07, 6.45) is 2.54. The van der Waals surface area contributed by atoms with Gasteiger partial charge in [-0.3, -0.25) is 9.59 Å². The zero-order chi connectivity index (χ0) is 14.4. The Hall–Kier alpha value is -1.10. The van der Waals surface area contributed by atoms with Gasteiger partial charge in [-0.2, -0.15) is 0 Å². The normalized spacial score (nSPS) is 23.5. The number of carbonyl (C=O) groups is 2. The predicted molar refractivity (Wildman–Crippen MR) is 73.4 cm³/mol. The van der Waals surface area contributed by atoms with Crippen molar-refractivity contribution in [1.82, 2.24) is 10.2 Å². The molecule has 5 heteroatoms. The van der Waals surface area contributed by atoms with Gasteiger partial charge in [0.25, 0.3) is 0 Å². The lowest BCUT2D eigenvalue weighted by Crippen LogP contribution is -2.52. The summed E-state index contributed by atoms with van der Waals surface area (Å²) in [5.74, 6) is 0.416. The van der Waals surface area contributed by atoms with Gasteiger partial charge in [0.05, 0.1) is 0 Å². The van der Waals surface area contributed by atoms with Crippen molar-refractivity contribution in [2.75, 3.05) is 19.7 Å². The third kappa shape index (κ3) is 5.19. The fourth-order valence-corrected chi connectivity index (χ4v) is 2.52. The molecule has 1 heterocycles. The van der Waals surface area contributed by atoms with Gasteiger partial charge in [-0.1, -0.05) is 13.8 Å². The van der Waals surface area contributed by atoms with Gasteiger partial charge in [0.15, 0.2) is 0 Å². The number of amides is 2. The fraction of sp³-hybridized carbons (Fsp3) is 0.857. The van der Waals surface area contributed by atoms with E-state index in [1.54, 1.807) is 11.8 Å². The number of hydrogen-bond donors (Lipinski definition) is 2. The number of aliphatic hydroxyl groups excluding tert-OH is 1. The van der Waals surface area contributed by atoms with E-state index < -0.39 is 0 Å². The number of carbonyl (C=O) groups excluding carboxylic acids is 2. The van der Waals surface area contributed by atoms with Crippen LogP contribution in [0.2, 0.25) is 0 Å². The van der Waals surface area contributed by atoms with Crippen molar-refractivity contribution in [2.45, 2.75) is 46.1 Å². The zero-order valence-corrected chi connectivity index (χ0v) is 12.2. The van der Waals surface area contributed by atoms with Gasteiger partial charge in [0, 0.05) is 38.6 Å². The maximum atomic E-state index is 11.8. The van der Waals surface area contributed by atoms with Crippen LogP contribution in [0.4, 0.5) is 0 Å². The second-order valence-electron chi connectivity index (χ2n) is 5.75. The van der Waals surface area contributed by atoms with Gasteiger partial charge in [-0.15, -0.1) is 0 Å². The van der Waals surface area contributed by atoms with Crippen LogP contribution in [-0.2, 0) is 9.59 Å². The Morgan fingerprint density at radius 2 is 2.05 bits per heavy atom. The average Bonchev–Trinajstić information content (AvgIpc) is 2.35. The summed E-state index contributed by atoms with van der Waals surface area (Å²) in [5, 5.41) is 11.9. The van der Waals surface area contributed by atoms with Crippen molar-refractivity contribution < 1.29 is 14.7 Å². The highest BCUT2D eigenvalue weighted by Crippen LogP contribution is 2.21. The van der Waals surface area contributed by atoms with Gasteiger partial charge < -0.3 is 15.3 Å². The summed E-state index contributed by atoms with van der Waals surface area (Å²) in [6.45, 7) is 6.82. The van der Waals surface area contributed by atoms with E-state index in [2.05, 4.69) is 5.32 Å². The van der Waals surface area contributed by atoms with Crippen LogP contribution in [0, 0.1) is 11.8 Å². The number of rotatable bonds is 5. The Labute approximate surface area is 115 Å². The molecule has 1 aliphatic rings. The van der Waals surface area contributed by atoms with Crippen molar-refractivity contribution in [3.63, 3.8) is 0 Å². The summed E-state index contributed by atoms with van der Waals surface area (Å²) in [7, 11) is 0. The molecule has 0 aromatic carbocycles. The third-order valence-electron chi connectivity index (χ3n) is 3.62. The molecule has 1 saturated heterocycles. The van der Waals surface area contributed by atoms with E-state index in [0.29, 0.717) is 12.5 Å². The van der Waals surface area contributed by atoms with Crippen LogP contribution in [0.3, 0.4) is 0 Å². The summed E-state index contributed by atoms with van der Waals surface area (Å²) >= 11 is 0. The summed E-state index contributed by atoms with van der Waals surface area (Å²) < 4.78 is 0. The number of hydrogen-bond acceptors (Lipinski definition) is 3. The SMILES string of the molecule is CC(=O)N1CC(CCCO)CC(NC(=O)C(C)C)C1. The molecule has 2 atom stereocenters. The summed E-state index contributed by atoms with van der Waals surface area (Å²) in [4.78, 5) is 25.1. The lowest BCUT2D eigenvalue weighted by atomic mass is 9.90. The minimum Gasteiger partial charge on any atom is -0.396 e. The van der Waals surface area contributed by atoms with E-state index in [0.717, 1.165) is 25.8 Å². The van der Waals surface area contributed by atoms with E-state index in [9.17, 15) is 9.59 Å². The van der Waals surface area contributed by atoms with Crippen LogP contribution < -0.4 is 5.32 Å². The first-order valence-electron chi connectivity index (χ1n) is 7.10. The van der Waals surface area contributed by atoms with Gasteiger partial charge in [-0.25, -0.2) is 0 Å². The van der Waals surface area contributed by atoms with Crippen molar-refractivity contribution >= 4 is 11.8 Å². The largest absolute Gasteiger partial charge is 0.396 e. The minimum absolute atomic E-state index is 0.0382. The lowest BCUT2D eigenvalue weighted by Gasteiger charge is -2.38. The van der Waals surface area contributed by atoms with Crippen molar-refractivity contribution in [3.8, 4) is 0 Å². The van der Waals surface area contributed by atoms with E-state index in [4.69, 9.17) is 5.11 Å². The molecule has 0 spiro atoms. The van der Waals surface area contributed by atoms with Crippen LogP contribution >= 0.6 is 0 Å². The van der Waals surface area contributed by atoms with Crippen LogP contribution in [0.25, 0.3) is 0 Å². The molecule has 0 radical (unpaired) electrons. The molecule has 1 rings (SSSR count). The number of likely N-dealkylation sites (tertiary alicyclic amines) is 1. The highest BCUT2D eigenvalue weighted by Gasteiger charge is 2.29. The Balaban J connectivity index is 2.59. The maximum absolute atomic E-state index is 11.8. The molecule has 2 amide bonds. The number of aliphatic hydroxyl groups is 1. The van der Waals surface area contributed by atoms with Crippen molar-refractivity contribution in [1.29, 1.82) is 0 Å². The molecular weight excluding hydrogens is 244 g/mol. The quantitative estimate of drug-likeness (QED) is 0.775. The van der Waals surface area contributed by atoms with E-state index in [1.165, 1.54) is 0 Å². The molecule has 110 valence electrons. The van der Waals surface area contributed by atoms with Crippen LogP contribution in [0.1, 0.15) is 40.0 Å². The zero-order valence-electron chi connectivity index (χ0n) is 12.2. The Kier molecular flexibility index (Phi) is 6.28. The molecule has 2 unspecified atom stereocenters. The molecule has 5 nitrogen and oxygen atoms in total. The smallest absolute Gasteiger partial charge is 0.222 e. The van der Waals surface area contributed by atoms with Crippen molar-refractivity contribution in [2.24, 2.45) is 11.8 Å². The maximum Gasteiger partial charge on any atom is 0.222 e. The second-order valence-corrected chi connectivity index (χ2v) is 5.75.